The molecule has 0 fully saturated rings. The van der Waals surface area contributed by atoms with Crippen molar-refractivity contribution in [2.24, 2.45) is 5.73 Å². The molecule has 1 heterocycles. The summed E-state index contributed by atoms with van der Waals surface area (Å²) in [6, 6.07) is 9.73. The monoisotopic (exact) mass is 277 g/mol. The number of aromatic nitrogens is 2. The Morgan fingerprint density at radius 3 is 2.62 bits per heavy atom. The van der Waals surface area contributed by atoms with Crippen LogP contribution in [0.4, 0.5) is 0 Å². The van der Waals surface area contributed by atoms with E-state index in [1.54, 1.807) is 18.5 Å². The minimum Gasteiger partial charge on any atom is -0.321 e. The lowest BCUT2D eigenvalue weighted by Gasteiger charge is -2.09. The van der Waals surface area contributed by atoms with Crippen LogP contribution in [0.1, 0.15) is 17.4 Å². The first-order chi connectivity index (χ1) is 7.75. The smallest absolute Gasteiger partial charge is 0.145 e. The Kier molecular flexibility index (Phi) is 3.64. The molecule has 16 heavy (non-hydrogen) atoms. The maximum absolute atomic E-state index is 6.04. The van der Waals surface area contributed by atoms with Crippen molar-refractivity contribution >= 4 is 15.9 Å². The predicted molar refractivity (Wildman–Crippen MR) is 66.8 cm³/mol. The average molecular weight is 278 g/mol. The fourth-order valence-corrected chi connectivity index (χ4v) is 1.96. The summed E-state index contributed by atoms with van der Waals surface area (Å²) in [4.78, 5) is 8.30. The van der Waals surface area contributed by atoms with Crippen LogP contribution in [-0.2, 0) is 6.42 Å². The van der Waals surface area contributed by atoms with Crippen molar-refractivity contribution in [3.8, 4) is 0 Å². The Morgan fingerprint density at radius 2 is 1.94 bits per heavy atom. The van der Waals surface area contributed by atoms with Gasteiger partial charge in [0.05, 0.1) is 6.04 Å². The molecule has 0 bridgehead atoms. The standard InChI is InChI=1S/C12H12BrN3/c13-10-4-1-3-9(7-10)8-11(14)12-15-5-2-6-16-12/h1-7,11H,8,14H2. The molecular weight excluding hydrogens is 266 g/mol. The maximum atomic E-state index is 6.04. The molecule has 3 nitrogen and oxygen atoms in total. The molecule has 1 aromatic heterocycles. The van der Waals surface area contributed by atoms with Gasteiger partial charge in [-0.15, -0.1) is 0 Å². The first kappa shape index (κ1) is 11.2. The Morgan fingerprint density at radius 1 is 1.19 bits per heavy atom. The first-order valence-corrected chi connectivity index (χ1v) is 5.82. The summed E-state index contributed by atoms with van der Waals surface area (Å²) in [7, 11) is 0. The molecule has 0 aliphatic carbocycles. The Labute approximate surface area is 103 Å². The minimum atomic E-state index is -0.157. The van der Waals surface area contributed by atoms with Gasteiger partial charge in [0.1, 0.15) is 5.82 Å². The summed E-state index contributed by atoms with van der Waals surface area (Å²) in [5, 5.41) is 0. The number of halogens is 1. The Hall–Kier alpha value is -1.26. The molecule has 0 saturated carbocycles. The van der Waals surface area contributed by atoms with Gasteiger partial charge in [0.15, 0.2) is 0 Å². The van der Waals surface area contributed by atoms with Crippen molar-refractivity contribution in [3.63, 3.8) is 0 Å². The average Bonchev–Trinajstić information content (AvgIpc) is 2.30. The molecule has 1 aromatic carbocycles. The lowest BCUT2D eigenvalue weighted by molar-refractivity contribution is 0.666. The molecule has 2 aromatic rings. The normalized spacial score (nSPS) is 12.4. The number of rotatable bonds is 3. The van der Waals surface area contributed by atoms with Crippen molar-refractivity contribution in [3.05, 3.63) is 58.6 Å². The van der Waals surface area contributed by atoms with Gasteiger partial charge in [0.25, 0.3) is 0 Å². The van der Waals surface area contributed by atoms with Gasteiger partial charge in [-0.2, -0.15) is 0 Å². The van der Waals surface area contributed by atoms with E-state index in [9.17, 15) is 0 Å². The van der Waals surface area contributed by atoms with E-state index < -0.39 is 0 Å². The van der Waals surface area contributed by atoms with E-state index in [-0.39, 0.29) is 6.04 Å². The minimum absolute atomic E-state index is 0.157. The van der Waals surface area contributed by atoms with E-state index in [2.05, 4.69) is 32.0 Å². The van der Waals surface area contributed by atoms with Gasteiger partial charge in [-0.25, -0.2) is 9.97 Å². The first-order valence-electron chi connectivity index (χ1n) is 5.02. The van der Waals surface area contributed by atoms with E-state index in [1.807, 2.05) is 18.2 Å². The van der Waals surface area contributed by atoms with Gasteiger partial charge >= 0.3 is 0 Å². The third kappa shape index (κ3) is 2.87. The van der Waals surface area contributed by atoms with E-state index in [4.69, 9.17) is 5.73 Å². The molecule has 1 atom stereocenters. The largest absolute Gasteiger partial charge is 0.321 e. The summed E-state index contributed by atoms with van der Waals surface area (Å²) < 4.78 is 1.06. The van der Waals surface area contributed by atoms with E-state index in [0.717, 1.165) is 10.9 Å². The third-order valence-electron chi connectivity index (χ3n) is 2.26. The number of benzene rings is 1. The van der Waals surface area contributed by atoms with Gasteiger partial charge in [0.2, 0.25) is 0 Å². The van der Waals surface area contributed by atoms with Crippen LogP contribution in [0.5, 0.6) is 0 Å². The zero-order valence-corrected chi connectivity index (χ0v) is 10.3. The van der Waals surface area contributed by atoms with Gasteiger partial charge in [-0.05, 0) is 30.2 Å². The van der Waals surface area contributed by atoms with Crippen LogP contribution >= 0.6 is 15.9 Å². The van der Waals surface area contributed by atoms with Crippen molar-refractivity contribution in [1.82, 2.24) is 9.97 Å². The second-order valence-corrected chi connectivity index (χ2v) is 4.46. The van der Waals surface area contributed by atoms with E-state index in [0.29, 0.717) is 5.82 Å². The molecule has 2 N–H and O–H groups in total. The molecule has 82 valence electrons. The number of nitrogens with two attached hydrogens (primary N) is 1. The number of hydrogen-bond donors (Lipinski definition) is 1. The second kappa shape index (κ2) is 5.18. The van der Waals surface area contributed by atoms with Crippen molar-refractivity contribution in [1.29, 1.82) is 0 Å². The summed E-state index contributed by atoms with van der Waals surface area (Å²) in [6.07, 6.45) is 4.16. The maximum Gasteiger partial charge on any atom is 0.145 e. The second-order valence-electron chi connectivity index (χ2n) is 3.55. The summed E-state index contributed by atoms with van der Waals surface area (Å²) in [5.41, 5.74) is 7.21. The zero-order chi connectivity index (χ0) is 11.4. The highest BCUT2D eigenvalue weighted by atomic mass is 79.9. The molecule has 0 aliphatic rings. The van der Waals surface area contributed by atoms with Crippen LogP contribution in [0.25, 0.3) is 0 Å². The highest BCUT2D eigenvalue weighted by Gasteiger charge is 2.09. The quantitative estimate of drug-likeness (QED) is 0.938. The molecule has 0 radical (unpaired) electrons. The van der Waals surface area contributed by atoms with Gasteiger partial charge in [-0.1, -0.05) is 28.1 Å². The number of hydrogen-bond acceptors (Lipinski definition) is 3. The van der Waals surface area contributed by atoms with Crippen molar-refractivity contribution in [2.45, 2.75) is 12.5 Å². The Balaban J connectivity index is 2.11. The summed E-state index contributed by atoms with van der Waals surface area (Å²) in [5.74, 6) is 0.683. The molecule has 2 rings (SSSR count). The fourth-order valence-electron chi connectivity index (χ4n) is 1.51. The van der Waals surface area contributed by atoms with Crippen LogP contribution in [-0.4, -0.2) is 9.97 Å². The fraction of sp³-hybridized carbons (Fsp3) is 0.167. The van der Waals surface area contributed by atoms with Gasteiger partial charge in [-0.3, -0.25) is 0 Å². The molecule has 0 saturated heterocycles. The third-order valence-corrected chi connectivity index (χ3v) is 2.76. The molecule has 0 aliphatic heterocycles. The van der Waals surface area contributed by atoms with Crippen molar-refractivity contribution < 1.29 is 0 Å². The molecule has 1 unspecified atom stereocenters. The topological polar surface area (TPSA) is 51.8 Å². The van der Waals surface area contributed by atoms with Crippen molar-refractivity contribution in [2.75, 3.05) is 0 Å². The van der Waals surface area contributed by atoms with Crippen LogP contribution in [0, 0.1) is 0 Å². The van der Waals surface area contributed by atoms with Gasteiger partial charge < -0.3 is 5.73 Å². The van der Waals surface area contributed by atoms with Crippen LogP contribution in [0.3, 0.4) is 0 Å². The SMILES string of the molecule is NC(Cc1cccc(Br)c1)c1ncccn1. The number of nitrogens with zero attached hydrogens (tertiary/aromatic N) is 2. The molecule has 0 spiro atoms. The molecule has 4 heteroatoms. The highest BCUT2D eigenvalue weighted by Crippen LogP contribution is 2.16. The zero-order valence-electron chi connectivity index (χ0n) is 8.68. The van der Waals surface area contributed by atoms with Crippen LogP contribution in [0.15, 0.2) is 47.2 Å². The Bertz CT molecular complexity index is 459. The van der Waals surface area contributed by atoms with Crippen LogP contribution in [0.2, 0.25) is 0 Å². The predicted octanol–water partition coefficient (Wildman–Crippen LogP) is 2.48. The summed E-state index contributed by atoms with van der Waals surface area (Å²) >= 11 is 3.44. The summed E-state index contributed by atoms with van der Waals surface area (Å²) in [6.45, 7) is 0. The van der Waals surface area contributed by atoms with Gasteiger partial charge in [0, 0.05) is 16.9 Å². The van der Waals surface area contributed by atoms with Crippen LogP contribution < -0.4 is 5.73 Å². The lowest BCUT2D eigenvalue weighted by Crippen LogP contribution is -2.16. The van der Waals surface area contributed by atoms with E-state index in [1.165, 1.54) is 5.56 Å². The molecule has 0 amide bonds. The highest BCUT2D eigenvalue weighted by molar-refractivity contribution is 9.10. The lowest BCUT2D eigenvalue weighted by atomic mass is 10.1. The van der Waals surface area contributed by atoms with E-state index >= 15 is 0 Å². The molecular formula is C12H12BrN3.